The van der Waals surface area contributed by atoms with Gasteiger partial charge in [-0.25, -0.2) is 4.79 Å². The van der Waals surface area contributed by atoms with Gasteiger partial charge >= 0.3 is 5.97 Å². The highest BCUT2D eigenvalue weighted by atomic mass is 32.2. The van der Waals surface area contributed by atoms with Gasteiger partial charge in [0.2, 0.25) is 0 Å². The van der Waals surface area contributed by atoms with Gasteiger partial charge in [-0.3, -0.25) is 4.55 Å². The second kappa shape index (κ2) is 18.7. The van der Waals surface area contributed by atoms with E-state index in [-0.39, 0.29) is 12.3 Å². The van der Waals surface area contributed by atoms with Gasteiger partial charge in [-0.2, -0.15) is 8.42 Å². The third-order valence-corrected chi connectivity index (χ3v) is 6.20. The summed E-state index contributed by atoms with van der Waals surface area (Å²) in [7, 11) is 6.00. The van der Waals surface area contributed by atoms with Gasteiger partial charge in [-0.15, -0.1) is 0 Å². The number of hydrogen-bond acceptors (Lipinski definition) is 3. The Morgan fingerprint density at radius 1 is 0.688 bits per heavy atom. The van der Waals surface area contributed by atoms with E-state index in [1.54, 1.807) is 0 Å². The molecular formula is C24H54N2O5S+2. The third-order valence-electron chi connectivity index (χ3n) is 5.39. The number of aliphatic carboxylic acids is 1. The van der Waals surface area contributed by atoms with Crippen LogP contribution < -0.4 is 0 Å². The van der Waals surface area contributed by atoms with Crippen molar-refractivity contribution in [1.82, 2.24) is 0 Å². The lowest BCUT2D eigenvalue weighted by molar-refractivity contribution is -0.890. The van der Waals surface area contributed by atoms with Crippen molar-refractivity contribution >= 4 is 16.1 Å². The zero-order valence-electron chi connectivity index (χ0n) is 21.9. The topological polar surface area (TPSA) is 91.7 Å². The quantitative estimate of drug-likeness (QED) is 0.156. The summed E-state index contributed by atoms with van der Waals surface area (Å²) in [6, 6.07) is 0. The Morgan fingerprint density at radius 2 is 1.06 bits per heavy atom. The van der Waals surface area contributed by atoms with Gasteiger partial charge in [0.05, 0.1) is 54.1 Å². The summed E-state index contributed by atoms with van der Waals surface area (Å²) in [5, 5.41) is 8.23. The summed E-state index contributed by atoms with van der Waals surface area (Å²) in [6.45, 7) is 4.33. The van der Waals surface area contributed by atoms with Crippen molar-refractivity contribution in [3.63, 3.8) is 0 Å². The lowest BCUT2D eigenvalue weighted by Gasteiger charge is -2.29. The first-order valence-electron chi connectivity index (χ1n) is 12.5. The number of likely N-dealkylation sites (N-methyl/N-ethyl adjacent to an activating group) is 1. The predicted octanol–water partition coefficient (Wildman–Crippen LogP) is 4.82. The van der Waals surface area contributed by atoms with Crippen LogP contribution in [0.25, 0.3) is 0 Å². The molecule has 0 fully saturated rings. The van der Waals surface area contributed by atoms with Gasteiger partial charge in [-0.05, 0) is 12.8 Å². The molecule has 0 atom stereocenters. The van der Waals surface area contributed by atoms with Crippen LogP contribution >= 0.6 is 0 Å². The summed E-state index contributed by atoms with van der Waals surface area (Å²) in [5.41, 5.74) is 0. The number of hydrogen-bond donors (Lipinski definition) is 2. The fourth-order valence-electron chi connectivity index (χ4n) is 3.57. The first kappa shape index (κ1) is 33.5. The Labute approximate surface area is 199 Å². The van der Waals surface area contributed by atoms with Crippen LogP contribution in [-0.4, -0.2) is 93.6 Å². The van der Waals surface area contributed by atoms with Gasteiger partial charge in [0.15, 0.2) is 6.54 Å². The fourth-order valence-corrected chi connectivity index (χ4v) is 4.07. The molecule has 0 amide bonds. The molecule has 0 spiro atoms. The van der Waals surface area contributed by atoms with Crippen molar-refractivity contribution in [2.24, 2.45) is 0 Å². The molecule has 32 heavy (non-hydrogen) atoms. The Balaban J connectivity index is 0. The van der Waals surface area contributed by atoms with Gasteiger partial charge in [0.1, 0.15) is 0 Å². The van der Waals surface area contributed by atoms with E-state index in [0.717, 1.165) is 17.6 Å². The van der Waals surface area contributed by atoms with Crippen LogP contribution in [0.3, 0.4) is 0 Å². The highest BCUT2D eigenvalue weighted by molar-refractivity contribution is 7.85. The molecule has 0 unspecified atom stereocenters. The minimum atomic E-state index is -3.80. The summed E-state index contributed by atoms with van der Waals surface area (Å²) in [5.74, 6) is -0.870. The van der Waals surface area contributed by atoms with Gasteiger partial charge in [-0.1, -0.05) is 71.1 Å². The number of rotatable bonds is 19. The van der Waals surface area contributed by atoms with E-state index in [1.165, 1.54) is 77.0 Å². The number of quaternary nitrogens is 2. The maximum Gasteiger partial charge on any atom is 0.359 e. The molecular weight excluding hydrogens is 428 g/mol. The van der Waals surface area contributed by atoms with Crippen LogP contribution in [0.4, 0.5) is 0 Å². The summed E-state index contributed by atoms with van der Waals surface area (Å²) < 4.78 is 31.6. The fraction of sp³-hybridized carbons (Fsp3) is 0.958. The zero-order valence-corrected chi connectivity index (χ0v) is 22.8. The van der Waals surface area contributed by atoms with E-state index < -0.39 is 16.1 Å². The predicted molar refractivity (Wildman–Crippen MR) is 134 cm³/mol. The van der Waals surface area contributed by atoms with Crippen molar-refractivity contribution in [3.05, 3.63) is 0 Å². The normalized spacial score (nSPS) is 12.3. The average Bonchev–Trinajstić information content (AvgIpc) is 2.59. The monoisotopic (exact) mass is 482 g/mol. The lowest BCUT2D eigenvalue weighted by Crippen LogP contribution is -2.41. The molecule has 0 saturated heterocycles. The second-order valence-corrected chi connectivity index (χ2v) is 12.3. The number of unbranched alkanes of at least 4 members (excludes halogenated alkanes) is 11. The Bertz CT molecular complexity index is 557. The Morgan fingerprint density at radius 3 is 1.38 bits per heavy atom. The molecule has 0 heterocycles. The number of carboxylic acid groups (broad SMARTS) is 1. The van der Waals surface area contributed by atoms with Crippen LogP contribution in [0.5, 0.6) is 0 Å². The molecule has 0 aliphatic heterocycles. The maximum atomic E-state index is 10.7. The van der Waals surface area contributed by atoms with Gasteiger partial charge < -0.3 is 14.1 Å². The summed E-state index contributed by atoms with van der Waals surface area (Å²) in [6.07, 6.45) is 16.8. The zero-order chi connectivity index (χ0) is 25.1. The first-order valence-corrected chi connectivity index (χ1v) is 14.1. The molecule has 0 rings (SSSR count). The smallest absolute Gasteiger partial charge is 0.359 e. The summed E-state index contributed by atoms with van der Waals surface area (Å²) >= 11 is 0. The number of carbonyl (C=O) groups is 1. The molecule has 0 bridgehead atoms. The molecule has 194 valence electrons. The highest BCUT2D eigenvalue weighted by Crippen LogP contribution is 2.13. The Kier molecular flexibility index (Phi) is 19.6. The molecule has 8 heteroatoms. The molecule has 2 N–H and O–H groups in total. The first-order chi connectivity index (χ1) is 14.7. The van der Waals surface area contributed by atoms with E-state index in [9.17, 15) is 13.2 Å². The molecule has 0 aliphatic carbocycles. The minimum Gasteiger partial charge on any atom is -0.477 e. The van der Waals surface area contributed by atoms with Crippen LogP contribution in [0.1, 0.15) is 90.4 Å². The second-order valence-electron chi connectivity index (χ2n) is 10.8. The molecule has 0 saturated carbocycles. The van der Waals surface area contributed by atoms with Crippen molar-refractivity contribution < 1.29 is 31.8 Å². The average molecular weight is 483 g/mol. The molecule has 0 aliphatic rings. The van der Waals surface area contributed by atoms with E-state index in [0.29, 0.717) is 10.9 Å². The van der Waals surface area contributed by atoms with E-state index in [4.69, 9.17) is 9.66 Å². The molecule has 0 aromatic heterocycles. The highest BCUT2D eigenvalue weighted by Gasteiger charge is 2.16. The summed E-state index contributed by atoms with van der Waals surface area (Å²) in [4.78, 5) is 10.00. The van der Waals surface area contributed by atoms with Crippen molar-refractivity contribution in [2.45, 2.75) is 90.4 Å². The molecule has 0 aromatic carbocycles. The van der Waals surface area contributed by atoms with Gasteiger partial charge in [0.25, 0.3) is 10.1 Å². The lowest BCUT2D eigenvalue weighted by atomic mass is 10.1. The van der Waals surface area contributed by atoms with Crippen molar-refractivity contribution in [3.8, 4) is 0 Å². The minimum absolute atomic E-state index is 0.118. The third kappa shape index (κ3) is 31.5. The SMILES string of the molecule is CCCCCCCCCCCCCC[N+](C)(C)CCCS(=O)(=O)O.C[N+](C)(C)CC(=O)O. The van der Waals surface area contributed by atoms with E-state index >= 15 is 0 Å². The van der Waals surface area contributed by atoms with E-state index in [1.807, 2.05) is 21.1 Å². The van der Waals surface area contributed by atoms with Crippen LogP contribution in [0.15, 0.2) is 0 Å². The van der Waals surface area contributed by atoms with E-state index in [2.05, 4.69) is 21.0 Å². The molecule has 0 radical (unpaired) electrons. The van der Waals surface area contributed by atoms with Gasteiger partial charge in [0, 0.05) is 6.42 Å². The standard InChI is InChI=1S/C19H41NO3S.C5H11NO2/c1-4-5-6-7-8-9-10-11-12-13-14-15-17-20(2,3)18-16-19-24(21,22)23;1-6(2,3)4-5(7)8/h4-19H2,1-3H3;4H2,1-3H3/p+2. The maximum absolute atomic E-state index is 10.7. The number of carboxylic acids is 1. The van der Waals surface area contributed by atoms with Crippen LogP contribution in [0, 0.1) is 0 Å². The molecule has 0 aromatic rings. The van der Waals surface area contributed by atoms with Crippen molar-refractivity contribution in [2.75, 3.05) is 60.6 Å². The molecule has 7 nitrogen and oxygen atoms in total. The van der Waals surface area contributed by atoms with Crippen LogP contribution in [0.2, 0.25) is 0 Å². The number of nitrogens with zero attached hydrogens (tertiary/aromatic N) is 2. The van der Waals surface area contributed by atoms with Crippen LogP contribution in [-0.2, 0) is 14.9 Å². The Hall–Kier alpha value is -0.700. The van der Waals surface area contributed by atoms with Crippen molar-refractivity contribution in [1.29, 1.82) is 0 Å². The largest absolute Gasteiger partial charge is 0.477 e.